The molecule has 1 aliphatic heterocycles. The van der Waals surface area contributed by atoms with Gasteiger partial charge in [0.15, 0.2) is 0 Å². The number of methoxy groups -OCH3 is 2. The van der Waals surface area contributed by atoms with Gasteiger partial charge in [-0.15, -0.1) is 0 Å². The quantitative estimate of drug-likeness (QED) is 0.880. The number of ether oxygens (including phenoxy) is 2. The number of rotatable bonds is 4. The smallest absolute Gasteiger partial charge is 0.322 e. The number of nitrogens with one attached hydrogen (secondary N) is 1. The number of benzene rings is 2. The van der Waals surface area contributed by atoms with Gasteiger partial charge in [0.25, 0.3) is 0 Å². The Morgan fingerprint density at radius 2 is 1.64 bits per heavy atom. The molecule has 1 saturated heterocycles. The zero-order valence-electron chi connectivity index (χ0n) is 16.6. The van der Waals surface area contributed by atoms with Crippen LogP contribution in [0.25, 0.3) is 0 Å². The van der Waals surface area contributed by atoms with E-state index in [2.05, 4.69) is 5.32 Å². The minimum absolute atomic E-state index is 0.152. The fourth-order valence-electron chi connectivity index (χ4n) is 3.18. The highest BCUT2D eigenvalue weighted by molar-refractivity contribution is 6.02. The maximum Gasteiger partial charge on any atom is 0.322 e. The third kappa shape index (κ3) is 4.03. The van der Waals surface area contributed by atoms with Crippen LogP contribution in [0.5, 0.6) is 11.5 Å². The molecule has 2 aromatic rings. The summed E-state index contributed by atoms with van der Waals surface area (Å²) < 4.78 is 10.6. The van der Waals surface area contributed by atoms with Crippen molar-refractivity contribution in [3.63, 3.8) is 0 Å². The van der Waals surface area contributed by atoms with E-state index in [4.69, 9.17) is 9.47 Å². The van der Waals surface area contributed by atoms with Gasteiger partial charge in [0.1, 0.15) is 17.5 Å². The van der Waals surface area contributed by atoms with Crippen molar-refractivity contribution >= 4 is 23.3 Å². The first-order chi connectivity index (χ1) is 13.4. The molecule has 3 rings (SSSR count). The van der Waals surface area contributed by atoms with Gasteiger partial charge in [-0.2, -0.15) is 0 Å². The van der Waals surface area contributed by atoms with Gasteiger partial charge in [-0.05, 0) is 26.0 Å². The van der Waals surface area contributed by atoms with Crippen molar-refractivity contribution in [1.82, 2.24) is 4.90 Å². The normalized spacial score (nSPS) is 16.7. The highest BCUT2D eigenvalue weighted by atomic mass is 16.5. The van der Waals surface area contributed by atoms with Crippen molar-refractivity contribution in [3.05, 3.63) is 48.0 Å². The Kier molecular flexibility index (Phi) is 5.73. The Morgan fingerprint density at radius 1 is 1.04 bits per heavy atom. The molecule has 0 bridgehead atoms. The van der Waals surface area contributed by atoms with Crippen LogP contribution in [0.3, 0.4) is 0 Å². The molecule has 7 nitrogen and oxygen atoms in total. The zero-order valence-corrected chi connectivity index (χ0v) is 16.6. The molecule has 1 atom stereocenters. The molecule has 0 unspecified atom stereocenters. The van der Waals surface area contributed by atoms with Crippen LogP contribution < -0.4 is 19.7 Å². The number of nitrogens with zero attached hydrogens (tertiary/aromatic N) is 2. The van der Waals surface area contributed by atoms with Crippen LogP contribution in [0.4, 0.5) is 16.2 Å². The monoisotopic (exact) mass is 383 g/mol. The maximum absolute atomic E-state index is 13.0. The van der Waals surface area contributed by atoms with Gasteiger partial charge < -0.3 is 24.6 Å². The molecule has 1 aliphatic rings. The Morgan fingerprint density at radius 3 is 2.21 bits per heavy atom. The molecule has 0 aliphatic carbocycles. The molecule has 2 aromatic carbocycles. The van der Waals surface area contributed by atoms with Crippen molar-refractivity contribution in [2.75, 3.05) is 37.5 Å². The van der Waals surface area contributed by atoms with Gasteiger partial charge in [0, 0.05) is 37.0 Å². The number of aryl methyl sites for hydroxylation is 1. The van der Waals surface area contributed by atoms with E-state index in [-0.39, 0.29) is 11.9 Å². The molecular formula is C21H25N3O4. The van der Waals surface area contributed by atoms with E-state index in [1.165, 1.54) is 0 Å². The minimum Gasteiger partial charge on any atom is -0.497 e. The number of anilines is 2. The van der Waals surface area contributed by atoms with Crippen LogP contribution in [0.2, 0.25) is 0 Å². The van der Waals surface area contributed by atoms with Gasteiger partial charge in [0.05, 0.1) is 19.9 Å². The third-order valence-corrected chi connectivity index (χ3v) is 4.87. The van der Waals surface area contributed by atoms with Gasteiger partial charge >= 0.3 is 6.03 Å². The summed E-state index contributed by atoms with van der Waals surface area (Å²) in [7, 11) is 3.13. The predicted molar refractivity (Wildman–Crippen MR) is 108 cm³/mol. The van der Waals surface area contributed by atoms with Crippen LogP contribution in [-0.2, 0) is 4.79 Å². The average Bonchev–Trinajstić information content (AvgIpc) is 2.71. The Hall–Kier alpha value is -3.22. The fourth-order valence-corrected chi connectivity index (χ4v) is 3.18. The lowest BCUT2D eigenvalue weighted by Crippen LogP contribution is -2.58. The Labute approximate surface area is 164 Å². The van der Waals surface area contributed by atoms with Crippen molar-refractivity contribution < 1.29 is 19.1 Å². The van der Waals surface area contributed by atoms with E-state index in [1.807, 2.05) is 31.2 Å². The summed E-state index contributed by atoms with van der Waals surface area (Å²) in [5.41, 5.74) is 2.51. The van der Waals surface area contributed by atoms with Crippen molar-refractivity contribution in [2.24, 2.45) is 0 Å². The van der Waals surface area contributed by atoms with Gasteiger partial charge in [-0.25, -0.2) is 4.79 Å². The number of urea groups is 1. The first kappa shape index (κ1) is 19.5. The molecule has 28 heavy (non-hydrogen) atoms. The summed E-state index contributed by atoms with van der Waals surface area (Å²) in [6, 6.07) is 12.0. The summed E-state index contributed by atoms with van der Waals surface area (Å²) in [6.45, 7) is 4.53. The summed E-state index contributed by atoms with van der Waals surface area (Å²) in [5.74, 6) is 1.06. The largest absolute Gasteiger partial charge is 0.497 e. The molecule has 1 N–H and O–H groups in total. The third-order valence-electron chi connectivity index (χ3n) is 4.87. The summed E-state index contributed by atoms with van der Waals surface area (Å²) in [5, 5.41) is 2.86. The highest BCUT2D eigenvalue weighted by Gasteiger charge is 2.35. The first-order valence-corrected chi connectivity index (χ1v) is 9.11. The molecule has 1 fully saturated rings. The van der Waals surface area contributed by atoms with Crippen LogP contribution in [0.1, 0.15) is 12.5 Å². The Bertz CT molecular complexity index is 844. The standard InChI is InChI=1S/C21H25N3O4/c1-14-5-7-16(8-6-14)22-21(26)23-9-10-24(20(25)15(23)2)17-11-18(27-3)13-19(12-17)28-4/h5-8,11-13,15H,9-10H2,1-4H3,(H,22,26)/t15-/m0/s1. The van der Waals surface area contributed by atoms with Gasteiger partial charge in [-0.1, -0.05) is 17.7 Å². The number of hydrogen-bond donors (Lipinski definition) is 1. The predicted octanol–water partition coefficient (Wildman–Crippen LogP) is 3.28. The maximum atomic E-state index is 13.0. The lowest BCUT2D eigenvalue weighted by molar-refractivity contribution is -0.123. The molecule has 3 amide bonds. The van der Waals surface area contributed by atoms with Crippen molar-refractivity contribution in [3.8, 4) is 11.5 Å². The van der Waals surface area contributed by atoms with Crippen LogP contribution >= 0.6 is 0 Å². The highest BCUT2D eigenvalue weighted by Crippen LogP contribution is 2.30. The molecule has 1 heterocycles. The van der Waals surface area contributed by atoms with E-state index in [1.54, 1.807) is 49.1 Å². The number of carbonyl (C=O) groups is 2. The molecule has 0 aromatic heterocycles. The van der Waals surface area contributed by atoms with E-state index in [0.29, 0.717) is 36.0 Å². The Balaban J connectivity index is 1.74. The van der Waals surface area contributed by atoms with Crippen LogP contribution in [0.15, 0.2) is 42.5 Å². The first-order valence-electron chi connectivity index (χ1n) is 9.11. The van der Waals surface area contributed by atoms with E-state index in [9.17, 15) is 9.59 Å². The molecule has 0 spiro atoms. The van der Waals surface area contributed by atoms with Gasteiger partial charge in [-0.3, -0.25) is 4.79 Å². The second kappa shape index (κ2) is 8.21. The van der Waals surface area contributed by atoms with E-state index < -0.39 is 6.04 Å². The number of hydrogen-bond acceptors (Lipinski definition) is 4. The van der Waals surface area contributed by atoms with Crippen molar-refractivity contribution in [1.29, 1.82) is 0 Å². The summed E-state index contributed by atoms with van der Waals surface area (Å²) in [6.07, 6.45) is 0. The topological polar surface area (TPSA) is 71.1 Å². The molecule has 0 saturated carbocycles. The molecule has 7 heteroatoms. The van der Waals surface area contributed by atoms with Crippen molar-refractivity contribution in [2.45, 2.75) is 19.9 Å². The lowest BCUT2D eigenvalue weighted by Gasteiger charge is -2.39. The number of amides is 3. The molecule has 0 radical (unpaired) electrons. The number of piperazine rings is 1. The zero-order chi connectivity index (χ0) is 20.3. The van der Waals surface area contributed by atoms with Crippen LogP contribution in [0, 0.1) is 6.92 Å². The minimum atomic E-state index is -0.587. The number of carbonyl (C=O) groups excluding carboxylic acids is 2. The summed E-state index contributed by atoms with van der Waals surface area (Å²) >= 11 is 0. The SMILES string of the molecule is COc1cc(OC)cc(N2CCN(C(=O)Nc3ccc(C)cc3)[C@@H](C)C2=O)c1. The lowest BCUT2D eigenvalue weighted by atomic mass is 10.1. The second-order valence-corrected chi connectivity index (χ2v) is 6.73. The van der Waals surface area contributed by atoms with E-state index >= 15 is 0 Å². The van der Waals surface area contributed by atoms with E-state index in [0.717, 1.165) is 5.56 Å². The fraction of sp³-hybridized carbons (Fsp3) is 0.333. The molecule has 148 valence electrons. The summed E-state index contributed by atoms with van der Waals surface area (Å²) in [4.78, 5) is 28.8. The van der Waals surface area contributed by atoms with Gasteiger partial charge in [0.2, 0.25) is 5.91 Å². The second-order valence-electron chi connectivity index (χ2n) is 6.73. The van der Waals surface area contributed by atoms with Crippen LogP contribution in [-0.4, -0.2) is 50.2 Å². The molecular weight excluding hydrogens is 358 g/mol. The average molecular weight is 383 g/mol.